The topological polar surface area (TPSA) is 83.7 Å². The number of aliphatic hydroxyl groups is 1. The number of rotatable bonds is 7. The molecule has 0 aliphatic carbocycles. The molecule has 0 heterocycles. The Bertz CT molecular complexity index is 456. The lowest BCUT2D eigenvalue weighted by Crippen LogP contribution is -2.34. The molecule has 1 rings (SSSR count). The number of amides is 1. The summed E-state index contributed by atoms with van der Waals surface area (Å²) in [5.74, 6) is -0.150. The predicted octanol–water partition coefficient (Wildman–Crippen LogP) is 1.14. The van der Waals surface area contributed by atoms with E-state index in [0.29, 0.717) is 12.1 Å². The molecule has 0 saturated heterocycles. The summed E-state index contributed by atoms with van der Waals surface area (Å²) in [5, 5.41) is 19.4. The zero-order valence-corrected chi connectivity index (χ0v) is 10.5. The fourth-order valence-electron chi connectivity index (χ4n) is 1.62. The predicted molar refractivity (Wildman–Crippen MR) is 70.7 cm³/mol. The number of hydrogen-bond donors (Lipinski definition) is 1. The van der Waals surface area contributed by atoms with Gasteiger partial charge in [-0.1, -0.05) is 18.2 Å². The van der Waals surface area contributed by atoms with E-state index in [1.54, 1.807) is 18.2 Å². The first-order valence-corrected chi connectivity index (χ1v) is 5.81. The lowest BCUT2D eigenvalue weighted by atomic mass is 10.1. The molecule has 19 heavy (non-hydrogen) atoms. The van der Waals surface area contributed by atoms with Crippen molar-refractivity contribution in [3.8, 4) is 0 Å². The van der Waals surface area contributed by atoms with Gasteiger partial charge in [-0.25, -0.2) is 0 Å². The minimum absolute atomic E-state index is 0.00509. The SMILES string of the molecule is C=CCN(CCO)C(=O)Cc1ccc([N+](=O)[O-])cc1. The first-order valence-electron chi connectivity index (χ1n) is 5.81. The standard InChI is InChI=1S/C13H16N2O4/c1-2-7-14(8-9-16)13(17)10-11-3-5-12(6-4-11)15(18)19/h2-6,16H,1,7-10H2. The summed E-state index contributed by atoms with van der Waals surface area (Å²) in [5.41, 5.74) is 0.692. The third-order valence-electron chi connectivity index (χ3n) is 2.57. The van der Waals surface area contributed by atoms with Gasteiger partial charge >= 0.3 is 0 Å². The molecular weight excluding hydrogens is 248 g/mol. The minimum Gasteiger partial charge on any atom is -0.395 e. The van der Waals surface area contributed by atoms with Crippen LogP contribution in [0.2, 0.25) is 0 Å². The van der Waals surface area contributed by atoms with E-state index in [-0.39, 0.29) is 31.2 Å². The number of non-ortho nitro benzene ring substituents is 1. The number of carbonyl (C=O) groups excluding carboxylic acids is 1. The van der Waals surface area contributed by atoms with E-state index in [1.807, 2.05) is 0 Å². The molecule has 0 aromatic heterocycles. The molecule has 0 aliphatic heterocycles. The van der Waals surface area contributed by atoms with E-state index in [9.17, 15) is 14.9 Å². The van der Waals surface area contributed by atoms with E-state index in [1.165, 1.54) is 17.0 Å². The fourth-order valence-corrected chi connectivity index (χ4v) is 1.62. The Kier molecular flexibility index (Phi) is 5.69. The van der Waals surface area contributed by atoms with E-state index < -0.39 is 4.92 Å². The van der Waals surface area contributed by atoms with Crippen molar-refractivity contribution in [1.29, 1.82) is 0 Å². The number of benzene rings is 1. The van der Waals surface area contributed by atoms with Crippen LogP contribution in [0.4, 0.5) is 5.69 Å². The van der Waals surface area contributed by atoms with Crippen molar-refractivity contribution in [2.45, 2.75) is 6.42 Å². The third-order valence-corrected chi connectivity index (χ3v) is 2.57. The first-order chi connectivity index (χ1) is 9.08. The second kappa shape index (κ2) is 7.27. The molecule has 6 nitrogen and oxygen atoms in total. The maximum Gasteiger partial charge on any atom is 0.269 e. The highest BCUT2D eigenvalue weighted by Gasteiger charge is 2.13. The van der Waals surface area contributed by atoms with Crippen molar-refractivity contribution >= 4 is 11.6 Å². The van der Waals surface area contributed by atoms with Crippen LogP contribution in [0.25, 0.3) is 0 Å². The highest BCUT2D eigenvalue weighted by Crippen LogP contribution is 2.12. The molecule has 1 N–H and O–H groups in total. The van der Waals surface area contributed by atoms with Gasteiger partial charge in [-0.05, 0) is 5.56 Å². The quantitative estimate of drug-likeness (QED) is 0.455. The second-order valence-electron chi connectivity index (χ2n) is 3.95. The molecule has 0 bridgehead atoms. The van der Waals surface area contributed by atoms with Crippen LogP contribution in [0, 0.1) is 10.1 Å². The van der Waals surface area contributed by atoms with Crippen LogP contribution in [0.1, 0.15) is 5.56 Å². The Hall–Kier alpha value is -2.21. The van der Waals surface area contributed by atoms with Crippen LogP contribution in [-0.4, -0.2) is 40.5 Å². The van der Waals surface area contributed by atoms with Gasteiger partial charge in [-0.3, -0.25) is 14.9 Å². The Morgan fingerprint density at radius 3 is 2.53 bits per heavy atom. The number of aliphatic hydroxyl groups excluding tert-OH is 1. The van der Waals surface area contributed by atoms with Gasteiger partial charge in [-0.2, -0.15) is 0 Å². The maximum absolute atomic E-state index is 11.9. The van der Waals surface area contributed by atoms with Gasteiger partial charge in [0.2, 0.25) is 5.91 Å². The Balaban J connectivity index is 2.69. The molecule has 1 amide bonds. The monoisotopic (exact) mass is 264 g/mol. The largest absolute Gasteiger partial charge is 0.395 e. The maximum atomic E-state index is 11.9. The molecule has 0 aliphatic rings. The second-order valence-corrected chi connectivity index (χ2v) is 3.95. The van der Waals surface area contributed by atoms with E-state index in [0.717, 1.165) is 0 Å². The zero-order valence-electron chi connectivity index (χ0n) is 10.5. The molecule has 0 unspecified atom stereocenters. The van der Waals surface area contributed by atoms with E-state index in [2.05, 4.69) is 6.58 Å². The number of nitro groups is 1. The molecule has 0 radical (unpaired) electrons. The summed E-state index contributed by atoms with van der Waals surface area (Å²) in [6, 6.07) is 5.85. The molecule has 0 fully saturated rings. The molecule has 0 saturated carbocycles. The van der Waals surface area contributed by atoms with Crippen LogP contribution in [0.5, 0.6) is 0 Å². The molecule has 6 heteroatoms. The summed E-state index contributed by atoms with van der Waals surface area (Å²) >= 11 is 0. The first kappa shape index (κ1) is 14.8. The molecule has 0 spiro atoms. The zero-order chi connectivity index (χ0) is 14.3. The fraction of sp³-hybridized carbons (Fsp3) is 0.308. The average Bonchev–Trinajstić information content (AvgIpc) is 2.39. The van der Waals surface area contributed by atoms with Gasteiger partial charge in [0.15, 0.2) is 0 Å². The minimum atomic E-state index is -0.485. The van der Waals surface area contributed by atoms with Crippen LogP contribution in [0.15, 0.2) is 36.9 Å². The normalized spacial score (nSPS) is 9.95. The van der Waals surface area contributed by atoms with Crippen LogP contribution >= 0.6 is 0 Å². The number of carbonyl (C=O) groups is 1. The highest BCUT2D eigenvalue weighted by atomic mass is 16.6. The molecule has 102 valence electrons. The third kappa shape index (κ3) is 4.51. The van der Waals surface area contributed by atoms with Crippen molar-refractivity contribution in [3.63, 3.8) is 0 Å². The average molecular weight is 264 g/mol. The Morgan fingerprint density at radius 1 is 1.42 bits per heavy atom. The van der Waals surface area contributed by atoms with Gasteiger partial charge in [-0.15, -0.1) is 6.58 Å². The van der Waals surface area contributed by atoms with Crippen LogP contribution < -0.4 is 0 Å². The van der Waals surface area contributed by atoms with Gasteiger partial charge in [0.1, 0.15) is 0 Å². The molecular formula is C13H16N2O4. The summed E-state index contributed by atoms with van der Waals surface area (Å²) in [4.78, 5) is 23.4. The smallest absolute Gasteiger partial charge is 0.269 e. The van der Waals surface area contributed by atoms with Gasteiger partial charge in [0, 0.05) is 25.2 Å². The number of nitrogens with zero attached hydrogens (tertiary/aromatic N) is 2. The molecule has 1 aromatic rings. The van der Waals surface area contributed by atoms with Gasteiger partial charge in [0.25, 0.3) is 5.69 Å². The van der Waals surface area contributed by atoms with Crippen molar-refractivity contribution in [2.24, 2.45) is 0 Å². The van der Waals surface area contributed by atoms with Crippen molar-refractivity contribution in [1.82, 2.24) is 4.90 Å². The number of nitro benzene ring substituents is 1. The number of hydrogen-bond acceptors (Lipinski definition) is 4. The summed E-state index contributed by atoms with van der Waals surface area (Å²) in [6.45, 7) is 4.06. The van der Waals surface area contributed by atoms with Gasteiger partial charge in [0.05, 0.1) is 18.0 Å². The molecule has 1 aromatic carbocycles. The van der Waals surface area contributed by atoms with Crippen molar-refractivity contribution in [3.05, 3.63) is 52.6 Å². The summed E-state index contributed by atoms with van der Waals surface area (Å²) < 4.78 is 0. The lowest BCUT2D eigenvalue weighted by Gasteiger charge is -2.19. The van der Waals surface area contributed by atoms with Crippen molar-refractivity contribution in [2.75, 3.05) is 19.7 Å². The molecule has 0 atom stereocenters. The summed E-state index contributed by atoms with van der Waals surface area (Å²) in [6.07, 6.45) is 1.73. The summed E-state index contributed by atoms with van der Waals surface area (Å²) in [7, 11) is 0. The van der Waals surface area contributed by atoms with E-state index >= 15 is 0 Å². The highest BCUT2D eigenvalue weighted by molar-refractivity contribution is 5.79. The van der Waals surface area contributed by atoms with Crippen LogP contribution in [0.3, 0.4) is 0 Å². The van der Waals surface area contributed by atoms with Crippen molar-refractivity contribution < 1.29 is 14.8 Å². The van der Waals surface area contributed by atoms with E-state index in [4.69, 9.17) is 5.11 Å². The Labute approximate surface area is 111 Å². The Morgan fingerprint density at radius 2 is 2.05 bits per heavy atom. The van der Waals surface area contributed by atoms with Gasteiger partial charge < -0.3 is 10.0 Å². The lowest BCUT2D eigenvalue weighted by molar-refractivity contribution is -0.384. The van der Waals surface area contributed by atoms with Crippen LogP contribution in [-0.2, 0) is 11.2 Å².